The molecule has 1 fully saturated rings. The Labute approximate surface area is 90.9 Å². The first-order chi connectivity index (χ1) is 7.28. The van der Waals surface area contributed by atoms with Crippen LogP contribution in [0.15, 0.2) is 18.2 Å². The molecule has 0 spiro atoms. The van der Waals surface area contributed by atoms with Crippen molar-refractivity contribution in [1.29, 1.82) is 0 Å². The molecule has 15 heavy (non-hydrogen) atoms. The standard InChI is InChI=1S/C12H18N2O/c1-3-12(8-5-9-12)14-10-6-4-7-11(13-10)15-2/h4,6-7H,3,5,8-9H2,1-2H3,(H,13,14). The molecule has 1 saturated carbocycles. The minimum atomic E-state index is 0.291. The van der Waals surface area contributed by atoms with Crippen molar-refractivity contribution in [3.05, 3.63) is 18.2 Å². The van der Waals surface area contributed by atoms with Gasteiger partial charge in [-0.25, -0.2) is 0 Å². The largest absolute Gasteiger partial charge is 0.481 e. The van der Waals surface area contributed by atoms with Gasteiger partial charge in [-0.15, -0.1) is 0 Å². The molecule has 0 aromatic carbocycles. The summed E-state index contributed by atoms with van der Waals surface area (Å²) >= 11 is 0. The summed E-state index contributed by atoms with van der Waals surface area (Å²) in [6, 6.07) is 5.83. The Morgan fingerprint density at radius 3 is 2.80 bits per heavy atom. The molecule has 0 unspecified atom stereocenters. The van der Waals surface area contributed by atoms with Crippen LogP contribution in [0.25, 0.3) is 0 Å². The predicted octanol–water partition coefficient (Wildman–Crippen LogP) is 2.83. The third kappa shape index (κ3) is 2.06. The lowest BCUT2D eigenvalue weighted by molar-refractivity contribution is 0.268. The number of rotatable bonds is 4. The maximum atomic E-state index is 5.10. The lowest BCUT2D eigenvalue weighted by Crippen LogP contribution is -2.44. The summed E-state index contributed by atoms with van der Waals surface area (Å²) in [5.41, 5.74) is 0.291. The molecule has 0 radical (unpaired) electrons. The molecule has 0 bridgehead atoms. The summed E-state index contributed by atoms with van der Waals surface area (Å²) in [7, 11) is 1.64. The van der Waals surface area contributed by atoms with Crippen molar-refractivity contribution >= 4 is 5.82 Å². The molecule has 0 amide bonds. The predicted molar refractivity (Wildman–Crippen MR) is 61.3 cm³/mol. The van der Waals surface area contributed by atoms with Crippen LogP contribution >= 0.6 is 0 Å². The molecule has 3 heteroatoms. The van der Waals surface area contributed by atoms with Gasteiger partial charge in [0.15, 0.2) is 0 Å². The van der Waals surface area contributed by atoms with E-state index in [4.69, 9.17) is 4.74 Å². The van der Waals surface area contributed by atoms with Crippen LogP contribution in [0.2, 0.25) is 0 Å². The molecular formula is C12H18N2O. The highest BCUT2D eigenvalue weighted by Gasteiger charge is 2.35. The van der Waals surface area contributed by atoms with Crippen LogP contribution in [0, 0.1) is 0 Å². The van der Waals surface area contributed by atoms with Crippen molar-refractivity contribution in [1.82, 2.24) is 4.98 Å². The first-order valence-electron chi connectivity index (χ1n) is 5.57. The monoisotopic (exact) mass is 206 g/mol. The fraction of sp³-hybridized carbons (Fsp3) is 0.583. The number of pyridine rings is 1. The van der Waals surface area contributed by atoms with Crippen LogP contribution < -0.4 is 10.1 Å². The second-order valence-corrected chi connectivity index (χ2v) is 4.18. The number of hydrogen-bond acceptors (Lipinski definition) is 3. The number of anilines is 1. The zero-order valence-electron chi connectivity index (χ0n) is 9.42. The van der Waals surface area contributed by atoms with Gasteiger partial charge in [0, 0.05) is 11.6 Å². The second-order valence-electron chi connectivity index (χ2n) is 4.18. The fourth-order valence-corrected chi connectivity index (χ4v) is 2.04. The number of ether oxygens (including phenoxy) is 1. The summed E-state index contributed by atoms with van der Waals surface area (Å²) < 4.78 is 5.10. The molecule has 1 aliphatic carbocycles. The molecule has 0 saturated heterocycles. The van der Waals surface area contributed by atoms with Crippen LogP contribution in [-0.4, -0.2) is 17.6 Å². The third-order valence-corrected chi connectivity index (χ3v) is 3.31. The molecule has 0 aliphatic heterocycles. The Morgan fingerprint density at radius 1 is 1.47 bits per heavy atom. The van der Waals surface area contributed by atoms with Gasteiger partial charge >= 0.3 is 0 Å². The first-order valence-corrected chi connectivity index (χ1v) is 5.57. The third-order valence-electron chi connectivity index (χ3n) is 3.31. The quantitative estimate of drug-likeness (QED) is 0.822. The van der Waals surface area contributed by atoms with Crippen molar-refractivity contribution in [3.63, 3.8) is 0 Å². The molecule has 0 atom stereocenters. The Kier molecular flexibility index (Phi) is 2.80. The number of nitrogens with one attached hydrogen (secondary N) is 1. The van der Waals surface area contributed by atoms with Gasteiger partial charge in [0.2, 0.25) is 5.88 Å². The van der Waals surface area contributed by atoms with Gasteiger partial charge in [-0.2, -0.15) is 4.98 Å². The highest BCUT2D eigenvalue weighted by atomic mass is 16.5. The van der Waals surface area contributed by atoms with Gasteiger partial charge in [-0.1, -0.05) is 13.0 Å². The molecule has 1 aromatic heterocycles. The van der Waals surface area contributed by atoms with Crippen molar-refractivity contribution in [3.8, 4) is 5.88 Å². The van der Waals surface area contributed by atoms with Crippen molar-refractivity contribution in [2.24, 2.45) is 0 Å². The summed E-state index contributed by atoms with van der Waals surface area (Å²) in [6.45, 7) is 2.23. The van der Waals surface area contributed by atoms with Gasteiger partial charge in [-0.3, -0.25) is 0 Å². The molecule has 1 aromatic rings. The zero-order chi connectivity index (χ0) is 10.7. The lowest BCUT2D eigenvalue weighted by atomic mass is 9.75. The van der Waals surface area contributed by atoms with Crippen LogP contribution in [0.4, 0.5) is 5.82 Å². The molecule has 2 rings (SSSR count). The van der Waals surface area contributed by atoms with E-state index in [9.17, 15) is 0 Å². The van der Waals surface area contributed by atoms with Gasteiger partial charge < -0.3 is 10.1 Å². The van der Waals surface area contributed by atoms with Crippen LogP contribution in [0.3, 0.4) is 0 Å². The maximum absolute atomic E-state index is 5.10. The van der Waals surface area contributed by atoms with E-state index in [0.29, 0.717) is 11.4 Å². The van der Waals surface area contributed by atoms with Crippen LogP contribution in [0.1, 0.15) is 32.6 Å². The van der Waals surface area contributed by atoms with Crippen molar-refractivity contribution in [2.75, 3.05) is 12.4 Å². The van der Waals surface area contributed by atoms with Gasteiger partial charge in [0.05, 0.1) is 7.11 Å². The molecule has 3 nitrogen and oxygen atoms in total. The van der Waals surface area contributed by atoms with Gasteiger partial charge in [0.1, 0.15) is 5.82 Å². The van der Waals surface area contributed by atoms with E-state index in [-0.39, 0.29) is 0 Å². The van der Waals surface area contributed by atoms with E-state index < -0.39 is 0 Å². The highest BCUT2D eigenvalue weighted by molar-refractivity contribution is 5.40. The molecule has 1 aliphatic rings. The smallest absolute Gasteiger partial charge is 0.214 e. The minimum Gasteiger partial charge on any atom is -0.481 e. The maximum Gasteiger partial charge on any atom is 0.214 e. The summed E-state index contributed by atoms with van der Waals surface area (Å²) in [5.74, 6) is 1.60. The Morgan fingerprint density at radius 2 is 2.27 bits per heavy atom. The minimum absolute atomic E-state index is 0.291. The Bertz CT molecular complexity index is 329. The average molecular weight is 206 g/mol. The number of nitrogens with zero attached hydrogens (tertiary/aromatic N) is 1. The topological polar surface area (TPSA) is 34.1 Å². The number of aromatic nitrogens is 1. The van der Waals surface area contributed by atoms with Crippen LogP contribution in [-0.2, 0) is 0 Å². The number of hydrogen-bond donors (Lipinski definition) is 1. The summed E-state index contributed by atoms with van der Waals surface area (Å²) in [5, 5.41) is 3.53. The van der Waals surface area contributed by atoms with Crippen molar-refractivity contribution < 1.29 is 4.74 Å². The molecule has 1 heterocycles. The van der Waals surface area contributed by atoms with Gasteiger partial charge in [0.25, 0.3) is 0 Å². The Hall–Kier alpha value is -1.25. The highest BCUT2D eigenvalue weighted by Crippen LogP contribution is 2.37. The van der Waals surface area contributed by atoms with E-state index in [1.807, 2.05) is 18.2 Å². The van der Waals surface area contributed by atoms with E-state index in [1.165, 1.54) is 19.3 Å². The summed E-state index contributed by atoms with van der Waals surface area (Å²) in [6.07, 6.45) is 4.99. The molecular weight excluding hydrogens is 188 g/mol. The molecule has 82 valence electrons. The average Bonchev–Trinajstić information content (AvgIpc) is 2.24. The van der Waals surface area contributed by atoms with Crippen LogP contribution in [0.5, 0.6) is 5.88 Å². The van der Waals surface area contributed by atoms with E-state index in [0.717, 1.165) is 12.2 Å². The van der Waals surface area contributed by atoms with Gasteiger partial charge in [-0.05, 0) is 31.7 Å². The zero-order valence-corrected chi connectivity index (χ0v) is 9.42. The second kappa shape index (κ2) is 4.09. The number of methoxy groups -OCH3 is 1. The van der Waals surface area contributed by atoms with E-state index in [2.05, 4.69) is 17.2 Å². The lowest BCUT2D eigenvalue weighted by Gasteiger charge is -2.42. The summed E-state index contributed by atoms with van der Waals surface area (Å²) in [4.78, 5) is 4.37. The van der Waals surface area contributed by atoms with Crippen molar-refractivity contribution in [2.45, 2.75) is 38.1 Å². The normalized spacial score (nSPS) is 18.0. The first kappa shape index (κ1) is 10.3. The fourth-order valence-electron chi connectivity index (χ4n) is 2.04. The SMILES string of the molecule is CCC1(Nc2cccc(OC)n2)CCC1. The Balaban J connectivity index is 2.09. The molecule has 1 N–H and O–H groups in total. The van der Waals surface area contributed by atoms with E-state index >= 15 is 0 Å². The van der Waals surface area contributed by atoms with E-state index in [1.54, 1.807) is 7.11 Å².